The predicted molar refractivity (Wildman–Crippen MR) is 114 cm³/mol. The first-order valence-electron chi connectivity index (χ1n) is 9.66. The van der Waals surface area contributed by atoms with E-state index in [4.69, 9.17) is 16.6 Å². The summed E-state index contributed by atoms with van der Waals surface area (Å²) in [5, 5.41) is 1.47. The van der Waals surface area contributed by atoms with Gasteiger partial charge in [0.1, 0.15) is 10.7 Å². The fourth-order valence-corrected chi connectivity index (χ4v) is 5.39. The van der Waals surface area contributed by atoms with E-state index in [0.717, 1.165) is 54.7 Å². The highest BCUT2D eigenvalue weighted by molar-refractivity contribution is 7.18. The van der Waals surface area contributed by atoms with Crippen LogP contribution in [-0.4, -0.2) is 34.1 Å². The Morgan fingerprint density at radius 1 is 1.22 bits per heavy atom. The molecule has 0 radical (unpaired) electrons. The van der Waals surface area contributed by atoms with Gasteiger partial charge in [0.15, 0.2) is 0 Å². The molecule has 4 nitrogen and oxygen atoms in total. The average Bonchev–Trinajstić information content (AvgIpc) is 3.25. The van der Waals surface area contributed by atoms with Crippen LogP contribution in [0.5, 0.6) is 0 Å². The molecule has 1 aromatic carbocycles. The molecule has 0 atom stereocenters. The van der Waals surface area contributed by atoms with E-state index in [9.17, 15) is 4.79 Å². The molecule has 0 amide bonds. The van der Waals surface area contributed by atoms with Crippen LogP contribution in [0.1, 0.15) is 30.7 Å². The maximum atomic E-state index is 13.5. The third-order valence-electron chi connectivity index (χ3n) is 5.47. The highest BCUT2D eigenvalue weighted by atomic mass is 35.5. The number of hydrogen-bond donors (Lipinski definition) is 0. The number of thiophene rings is 1. The second-order valence-electron chi connectivity index (χ2n) is 6.94. The van der Waals surface area contributed by atoms with Crippen LogP contribution in [0.15, 0.2) is 29.1 Å². The summed E-state index contributed by atoms with van der Waals surface area (Å²) in [7, 11) is 0. The van der Waals surface area contributed by atoms with E-state index in [1.54, 1.807) is 11.3 Å². The van der Waals surface area contributed by atoms with E-state index < -0.39 is 0 Å². The number of halogens is 1. The van der Waals surface area contributed by atoms with Crippen LogP contribution >= 0.6 is 22.9 Å². The van der Waals surface area contributed by atoms with Gasteiger partial charge < -0.3 is 4.90 Å². The largest absolute Gasteiger partial charge is 0.302 e. The average molecular weight is 402 g/mol. The van der Waals surface area contributed by atoms with E-state index >= 15 is 0 Å². The lowest BCUT2D eigenvalue weighted by Crippen LogP contribution is -2.32. The standard InChI is InChI=1S/C21H24ClN3OS/c1-3-24(4-2)12-13-25-19(14-8-5-6-10-16(14)22)23-20-18(21(25)26)15-9-7-11-17(15)27-20/h5-6,8,10H,3-4,7,9,11-13H2,1-2H3. The second-order valence-corrected chi connectivity index (χ2v) is 8.43. The SMILES string of the molecule is CCN(CC)CCn1c(-c2ccccc2Cl)nc2sc3c(c2c1=O)CCC3. The van der Waals surface area contributed by atoms with Crippen molar-refractivity contribution in [1.29, 1.82) is 0 Å². The molecule has 0 fully saturated rings. The highest BCUT2D eigenvalue weighted by Crippen LogP contribution is 2.36. The minimum atomic E-state index is 0.0847. The zero-order chi connectivity index (χ0) is 19.0. The highest BCUT2D eigenvalue weighted by Gasteiger charge is 2.24. The summed E-state index contributed by atoms with van der Waals surface area (Å²) in [6, 6.07) is 7.66. The number of aryl methyl sites for hydroxylation is 2. The second kappa shape index (κ2) is 7.74. The molecule has 0 unspecified atom stereocenters. The van der Waals surface area contributed by atoms with Crippen molar-refractivity contribution >= 4 is 33.2 Å². The Hall–Kier alpha value is -1.69. The van der Waals surface area contributed by atoms with Gasteiger partial charge in [-0.05, 0) is 50.0 Å². The summed E-state index contributed by atoms with van der Waals surface area (Å²) >= 11 is 8.14. The van der Waals surface area contributed by atoms with Gasteiger partial charge in [0.2, 0.25) is 0 Å². The van der Waals surface area contributed by atoms with Crippen molar-refractivity contribution in [3.8, 4) is 11.4 Å². The lowest BCUT2D eigenvalue weighted by Gasteiger charge is -2.20. The Morgan fingerprint density at radius 3 is 2.74 bits per heavy atom. The molecule has 0 spiro atoms. The fraction of sp³-hybridized carbons (Fsp3) is 0.429. The van der Waals surface area contributed by atoms with Gasteiger partial charge in [0.05, 0.1) is 10.4 Å². The van der Waals surface area contributed by atoms with Crippen molar-refractivity contribution in [3.63, 3.8) is 0 Å². The number of hydrogen-bond acceptors (Lipinski definition) is 4. The van der Waals surface area contributed by atoms with E-state index in [0.29, 0.717) is 17.4 Å². The third-order valence-corrected chi connectivity index (χ3v) is 6.99. The maximum absolute atomic E-state index is 13.5. The van der Waals surface area contributed by atoms with Crippen LogP contribution in [0.4, 0.5) is 0 Å². The topological polar surface area (TPSA) is 38.1 Å². The number of benzene rings is 1. The van der Waals surface area contributed by atoms with Gasteiger partial charge >= 0.3 is 0 Å². The fourth-order valence-electron chi connectivity index (χ4n) is 3.91. The first kappa shape index (κ1) is 18.7. The molecule has 1 aliphatic rings. The summed E-state index contributed by atoms with van der Waals surface area (Å²) in [5.74, 6) is 0.685. The van der Waals surface area contributed by atoms with E-state index in [2.05, 4.69) is 18.7 Å². The van der Waals surface area contributed by atoms with Gasteiger partial charge in [-0.25, -0.2) is 4.98 Å². The van der Waals surface area contributed by atoms with Gasteiger partial charge in [-0.15, -0.1) is 11.3 Å². The molecular formula is C21H24ClN3OS. The van der Waals surface area contributed by atoms with Crippen molar-refractivity contribution in [2.24, 2.45) is 0 Å². The third kappa shape index (κ3) is 3.33. The number of fused-ring (bicyclic) bond motifs is 3. The van der Waals surface area contributed by atoms with Crippen LogP contribution in [-0.2, 0) is 19.4 Å². The Bertz CT molecular complexity index is 1040. The van der Waals surface area contributed by atoms with Crippen molar-refractivity contribution < 1.29 is 0 Å². The lowest BCUT2D eigenvalue weighted by molar-refractivity contribution is 0.289. The normalized spacial score (nSPS) is 13.6. The molecule has 3 aromatic rings. The summed E-state index contributed by atoms with van der Waals surface area (Å²) in [6.45, 7) is 7.67. The molecule has 0 bridgehead atoms. The van der Waals surface area contributed by atoms with Crippen LogP contribution in [0.25, 0.3) is 21.6 Å². The quantitative estimate of drug-likeness (QED) is 0.605. The van der Waals surface area contributed by atoms with Gasteiger partial charge in [0.25, 0.3) is 5.56 Å². The number of nitrogens with zero attached hydrogens (tertiary/aromatic N) is 3. The predicted octanol–water partition coefficient (Wildman–Crippen LogP) is 4.61. The molecule has 0 aliphatic heterocycles. The van der Waals surface area contributed by atoms with E-state index in [-0.39, 0.29) is 5.56 Å². The van der Waals surface area contributed by atoms with Crippen LogP contribution in [0, 0.1) is 0 Å². The smallest absolute Gasteiger partial charge is 0.262 e. The van der Waals surface area contributed by atoms with E-state index in [1.165, 1.54) is 10.4 Å². The first-order valence-corrected chi connectivity index (χ1v) is 10.9. The molecule has 2 aromatic heterocycles. The molecule has 27 heavy (non-hydrogen) atoms. The first-order chi connectivity index (χ1) is 13.1. The van der Waals surface area contributed by atoms with Gasteiger partial charge in [-0.3, -0.25) is 9.36 Å². The summed E-state index contributed by atoms with van der Waals surface area (Å²) in [5.41, 5.74) is 2.14. The molecule has 0 saturated heterocycles. The van der Waals surface area contributed by atoms with Crippen LogP contribution in [0.3, 0.4) is 0 Å². The summed E-state index contributed by atoms with van der Waals surface area (Å²) in [4.78, 5) is 23.0. The molecular weight excluding hydrogens is 378 g/mol. The molecule has 0 saturated carbocycles. The van der Waals surface area contributed by atoms with Crippen LogP contribution < -0.4 is 5.56 Å². The van der Waals surface area contributed by atoms with Crippen LogP contribution in [0.2, 0.25) is 5.02 Å². The zero-order valence-corrected chi connectivity index (χ0v) is 17.4. The number of aromatic nitrogens is 2. The molecule has 6 heteroatoms. The minimum Gasteiger partial charge on any atom is -0.302 e. The Kier molecular flexibility index (Phi) is 5.35. The molecule has 4 rings (SSSR count). The lowest BCUT2D eigenvalue weighted by atomic mass is 10.1. The van der Waals surface area contributed by atoms with Gasteiger partial charge in [-0.1, -0.05) is 37.6 Å². The Morgan fingerprint density at radius 2 is 2.00 bits per heavy atom. The van der Waals surface area contributed by atoms with Crippen molar-refractivity contribution in [2.45, 2.75) is 39.7 Å². The monoisotopic (exact) mass is 401 g/mol. The minimum absolute atomic E-state index is 0.0847. The molecule has 1 aliphatic carbocycles. The van der Waals surface area contributed by atoms with Crippen molar-refractivity contribution in [3.05, 3.63) is 50.1 Å². The maximum Gasteiger partial charge on any atom is 0.262 e. The zero-order valence-electron chi connectivity index (χ0n) is 15.8. The Labute approximate surface area is 168 Å². The van der Waals surface area contributed by atoms with Crippen molar-refractivity contribution in [1.82, 2.24) is 14.5 Å². The van der Waals surface area contributed by atoms with E-state index in [1.807, 2.05) is 28.8 Å². The van der Waals surface area contributed by atoms with Gasteiger partial charge in [-0.2, -0.15) is 0 Å². The molecule has 2 heterocycles. The number of likely N-dealkylation sites (N-methyl/N-ethyl adjacent to an activating group) is 1. The Balaban J connectivity index is 1.91. The number of rotatable bonds is 6. The molecule has 142 valence electrons. The summed E-state index contributed by atoms with van der Waals surface area (Å²) < 4.78 is 1.84. The van der Waals surface area contributed by atoms with Crippen molar-refractivity contribution in [2.75, 3.05) is 19.6 Å². The summed E-state index contributed by atoms with van der Waals surface area (Å²) in [6.07, 6.45) is 3.20. The van der Waals surface area contributed by atoms with Gasteiger partial charge in [0, 0.05) is 23.5 Å². The molecule has 0 N–H and O–H groups in total.